The first-order valence-electron chi connectivity index (χ1n) is 8.95. The van der Waals surface area contributed by atoms with Crippen LogP contribution in [0.15, 0.2) is 34.9 Å². The smallest absolute Gasteiger partial charge is 0.307 e. The van der Waals surface area contributed by atoms with E-state index < -0.39 is 0 Å². The molecular formula is C19H22N4O3. The van der Waals surface area contributed by atoms with Crippen LogP contribution in [0.25, 0.3) is 11.3 Å². The van der Waals surface area contributed by atoms with E-state index in [1.807, 2.05) is 12.1 Å². The monoisotopic (exact) mass is 354 g/mol. The van der Waals surface area contributed by atoms with Crippen molar-refractivity contribution in [3.8, 4) is 11.3 Å². The van der Waals surface area contributed by atoms with Crippen molar-refractivity contribution in [3.05, 3.63) is 36.4 Å². The molecule has 2 N–H and O–H groups in total. The number of oxazole rings is 1. The fourth-order valence-corrected chi connectivity index (χ4v) is 3.79. The predicted octanol–water partition coefficient (Wildman–Crippen LogP) is 2.12. The van der Waals surface area contributed by atoms with Gasteiger partial charge in [-0.05, 0) is 56.1 Å². The Labute approximate surface area is 151 Å². The van der Waals surface area contributed by atoms with Crippen LogP contribution in [0.1, 0.15) is 30.5 Å². The number of hydrogen-bond acceptors (Lipinski definition) is 5. The SMILES string of the molecule is CC(=O)Nc1ccc(-c2cnc(C(=O)NC3CN4CCC3CC4)o2)cc1. The first-order valence-corrected chi connectivity index (χ1v) is 8.95. The topological polar surface area (TPSA) is 87.5 Å². The van der Waals surface area contributed by atoms with E-state index in [4.69, 9.17) is 4.42 Å². The number of nitrogens with zero attached hydrogens (tertiary/aromatic N) is 2. The Morgan fingerprint density at radius 2 is 1.92 bits per heavy atom. The maximum absolute atomic E-state index is 12.5. The Balaban J connectivity index is 1.42. The van der Waals surface area contributed by atoms with E-state index in [1.165, 1.54) is 6.92 Å². The van der Waals surface area contributed by atoms with Gasteiger partial charge in [0.2, 0.25) is 5.91 Å². The van der Waals surface area contributed by atoms with Crippen molar-refractivity contribution in [2.24, 2.45) is 5.92 Å². The highest BCUT2D eigenvalue weighted by Gasteiger charge is 2.35. The molecule has 0 aliphatic carbocycles. The first-order chi connectivity index (χ1) is 12.6. The second-order valence-corrected chi connectivity index (χ2v) is 7.01. The number of anilines is 1. The number of fused-ring (bicyclic) bond motifs is 3. The molecule has 1 atom stereocenters. The average Bonchev–Trinajstić information content (AvgIpc) is 3.13. The summed E-state index contributed by atoms with van der Waals surface area (Å²) in [6.45, 7) is 4.64. The summed E-state index contributed by atoms with van der Waals surface area (Å²) in [5.74, 6) is 0.787. The zero-order chi connectivity index (χ0) is 18.1. The molecule has 1 aromatic heterocycles. The molecule has 3 aliphatic heterocycles. The molecule has 3 saturated heterocycles. The van der Waals surface area contributed by atoms with Crippen LogP contribution in [0.2, 0.25) is 0 Å². The van der Waals surface area contributed by atoms with E-state index in [0.717, 1.165) is 38.0 Å². The second kappa shape index (κ2) is 6.92. The Hall–Kier alpha value is -2.67. The largest absolute Gasteiger partial charge is 0.432 e. The molecule has 1 unspecified atom stereocenters. The van der Waals surface area contributed by atoms with Gasteiger partial charge in [-0.1, -0.05) is 0 Å². The van der Waals surface area contributed by atoms with Gasteiger partial charge in [0.25, 0.3) is 5.89 Å². The summed E-state index contributed by atoms with van der Waals surface area (Å²) < 4.78 is 5.65. The lowest BCUT2D eigenvalue weighted by Gasteiger charge is -2.44. The molecular weight excluding hydrogens is 332 g/mol. The summed E-state index contributed by atoms with van der Waals surface area (Å²) in [5.41, 5.74) is 1.51. The van der Waals surface area contributed by atoms with Crippen LogP contribution in [-0.2, 0) is 4.79 Å². The van der Waals surface area contributed by atoms with Gasteiger partial charge in [-0.3, -0.25) is 9.59 Å². The average molecular weight is 354 g/mol. The van der Waals surface area contributed by atoms with E-state index in [-0.39, 0.29) is 23.7 Å². The normalized spacial score (nSPS) is 24.3. The summed E-state index contributed by atoms with van der Waals surface area (Å²) in [6, 6.07) is 7.39. The van der Waals surface area contributed by atoms with E-state index >= 15 is 0 Å². The van der Waals surface area contributed by atoms with Gasteiger partial charge in [-0.15, -0.1) is 0 Å². The van der Waals surface area contributed by atoms with Crippen molar-refractivity contribution in [2.45, 2.75) is 25.8 Å². The Bertz CT molecular complexity index is 806. The molecule has 7 nitrogen and oxygen atoms in total. The Kier molecular flexibility index (Phi) is 4.46. The highest BCUT2D eigenvalue weighted by molar-refractivity contribution is 5.90. The fraction of sp³-hybridized carbons (Fsp3) is 0.421. The molecule has 7 heteroatoms. The maximum Gasteiger partial charge on any atom is 0.307 e. The summed E-state index contributed by atoms with van der Waals surface area (Å²) >= 11 is 0. The van der Waals surface area contributed by atoms with Crippen LogP contribution in [0.4, 0.5) is 5.69 Å². The van der Waals surface area contributed by atoms with Crippen LogP contribution in [0.5, 0.6) is 0 Å². The number of carbonyl (C=O) groups excluding carboxylic acids is 2. The molecule has 26 heavy (non-hydrogen) atoms. The Morgan fingerprint density at radius 1 is 1.19 bits per heavy atom. The Morgan fingerprint density at radius 3 is 2.54 bits per heavy atom. The quantitative estimate of drug-likeness (QED) is 0.878. The van der Waals surface area contributed by atoms with Crippen molar-refractivity contribution in [1.82, 2.24) is 15.2 Å². The second-order valence-electron chi connectivity index (χ2n) is 7.01. The highest BCUT2D eigenvalue weighted by atomic mass is 16.4. The predicted molar refractivity (Wildman–Crippen MR) is 96.7 cm³/mol. The number of hydrogen-bond donors (Lipinski definition) is 2. The number of carbonyl (C=O) groups is 2. The number of piperidine rings is 3. The van der Waals surface area contributed by atoms with Gasteiger partial charge in [-0.2, -0.15) is 0 Å². The van der Waals surface area contributed by atoms with Gasteiger partial charge in [0.05, 0.1) is 6.20 Å². The lowest BCUT2D eigenvalue weighted by molar-refractivity contribution is -0.114. The van der Waals surface area contributed by atoms with Crippen LogP contribution in [-0.4, -0.2) is 47.4 Å². The lowest BCUT2D eigenvalue weighted by Crippen LogP contribution is -2.57. The number of rotatable bonds is 4. The molecule has 0 spiro atoms. The third kappa shape index (κ3) is 3.48. The van der Waals surface area contributed by atoms with E-state index in [0.29, 0.717) is 17.4 Å². The molecule has 3 aliphatic rings. The fourth-order valence-electron chi connectivity index (χ4n) is 3.79. The molecule has 2 aromatic rings. The molecule has 0 saturated carbocycles. The van der Waals surface area contributed by atoms with Gasteiger partial charge in [-0.25, -0.2) is 4.98 Å². The number of aromatic nitrogens is 1. The van der Waals surface area contributed by atoms with Gasteiger partial charge in [0, 0.05) is 30.8 Å². The highest BCUT2D eigenvalue weighted by Crippen LogP contribution is 2.28. The minimum atomic E-state index is -0.259. The summed E-state index contributed by atoms with van der Waals surface area (Å²) in [5, 5.41) is 5.79. The number of benzene rings is 1. The van der Waals surface area contributed by atoms with E-state index in [9.17, 15) is 9.59 Å². The number of nitrogens with one attached hydrogen (secondary N) is 2. The molecule has 2 bridgehead atoms. The summed E-state index contributed by atoms with van der Waals surface area (Å²) in [7, 11) is 0. The van der Waals surface area contributed by atoms with Gasteiger partial charge >= 0.3 is 5.91 Å². The lowest BCUT2D eigenvalue weighted by atomic mass is 9.84. The van der Waals surface area contributed by atoms with Crippen LogP contribution in [0.3, 0.4) is 0 Å². The van der Waals surface area contributed by atoms with Gasteiger partial charge in [0.1, 0.15) is 0 Å². The molecule has 4 heterocycles. The van der Waals surface area contributed by atoms with Gasteiger partial charge in [0.15, 0.2) is 5.76 Å². The zero-order valence-electron chi connectivity index (χ0n) is 14.7. The van der Waals surface area contributed by atoms with Crippen molar-refractivity contribution in [1.29, 1.82) is 0 Å². The van der Waals surface area contributed by atoms with Crippen molar-refractivity contribution in [2.75, 3.05) is 25.0 Å². The molecule has 0 radical (unpaired) electrons. The van der Waals surface area contributed by atoms with Crippen molar-refractivity contribution >= 4 is 17.5 Å². The van der Waals surface area contributed by atoms with Crippen molar-refractivity contribution < 1.29 is 14.0 Å². The zero-order valence-corrected chi connectivity index (χ0v) is 14.7. The third-order valence-corrected chi connectivity index (χ3v) is 5.16. The van der Waals surface area contributed by atoms with Crippen LogP contribution >= 0.6 is 0 Å². The van der Waals surface area contributed by atoms with Crippen LogP contribution < -0.4 is 10.6 Å². The summed E-state index contributed by atoms with van der Waals surface area (Å²) in [6.07, 6.45) is 3.84. The maximum atomic E-state index is 12.5. The molecule has 1 aromatic carbocycles. The summed E-state index contributed by atoms with van der Waals surface area (Å²) in [4.78, 5) is 30.1. The molecule has 3 fully saturated rings. The minimum absolute atomic E-state index is 0.0855. The van der Waals surface area contributed by atoms with E-state index in [1.54, 1.807) is 18.3 Å². The third-order valence-electron chi connectivity index (χ3n) is 5.16. The molecule has 136 valence electrons. The molecule has 2 amide bonds. The van der Waals surface area contributed by atoms with Gasteiger partial charge < -0.3 is 20.0 Å². The molecule has 5 rings (SSSR count). The number of amides is 2. The van der Waals surface area contributed by atoms with Crippen LogP contribution in [0, 0.1) is 5.92 Å². The van der Waals surface area contributed by atoms with Crippen molar-refractivity contribution in [3.63, 3.8) is 0 Å². The standard InChI is InChI=1S/C19H22N4O3/c1-12(24)21-15-4-2-14(3-5-15)17-10-20-19(26-17)18(25)22-16-11-23-8-6-13(16)7-9-23/h2-5,10,13,16H,6-9,11H2,1H3,(H,21,24)(H,22,25). The first kappa shape index (κ1) is 16.8. The minimum Gasteiger partial charge on any atom is -0.432 e. The van der Waals surface area contributed by atoms with E-state index in [2.05, 4.69) is 20.5 Å².